The van der Waals surface area contributed by atoms with Crippen molar-refractivity contribution in [2.24, 2.45) is 0 Å². The van der Waals surface area contributed by atoms with Crippen LogP contribution in [0, 0.1) is 10.7 Å². The predicted molar refractivity (Wildman–Crippen MR) is 53.5 cm³/mol. The summed E-state index contributed by atoms with van der Waals surface area (Å²) >= 11 is 0.699. The molecule has 1 atom stereocenters. The van der Waals surface area contributed by atoms with Crippen molar-refractivity contribution in [3.8, 4) is 5.40 Å². The maximum absolute atomic E-state index is 12.2. The molecule has 0 saturated carbocycles. The summed E-state index contributed by atoms with van der Waals surface area (Å²) < 4.78 is 36.7. The van der Waals surface area contributed by atoms with Crippen LogP contribution >= 0.6 is 11.8 Å². The van der Waals surface area contributed by atoms with Crippen LogP contribution in [-0.4, -0.2) is 6.29 Å². The quantitative estimate of drug-likeness (QED) is 0.606. The molecule has 16 heavy (non-hydrogen) atoms. The Balaban J connectivity index is 2.94. The average Bonchev–Trinajstić information content (AvgIpc) is 2.25. The van der Waals surface area contributed by atoms with Gasteiger partial charge in [0.25, 0.3) is 0 Å². The van der Waals surface area contributed by atoms with Crippen LogP contribution < -0.4 is 0 Å². The highest BCUT2D eigenvalue weighted by atomic mass is 32.2. The molecule has 1 rings (SSSR count). The molecular weight excluding hydrogens is 239 g/mol. The molecule has 0 aliphatic carbocycles. The molecular formula is C10H6F3NOS. The number of nitrogens with zero attached hydrogens (tertiary/aromatic N) is 1. The van der Waals surface area contributed by atoms with Crippen molar-refractivity contribution in [2.45, 2.75) is 11.4 Å². The van der Waals surface area contributed by atoms with E-state index < -0.39 is 17.0 Å². The minimum Gasteiger partial charge on any atom is -0.302 e. The maximum Gasteiger partial charge on any atom is 0.416 e. The highest BCUT2D eigenvalue weighted by Gasteiger charge is 2.30. The number of rotatable bonds is 3. The van der Waals surface area contributed by atoms with Gasteiger partial charge in [0.05, 0.1) is 10.8 Å². The Kier molecular flexibility index (Phi) is 3.96. The second-order valence-corrected chi connectivity index (χ2v) is 3.81. The van der Waals surface area contributed by atoms with Gasteiger partial charge in [-0.3, -0.25) is 0 Å². The van der Waals surface area contributed by atoms with E-state index in [4.69, 9.17) is 5.26 Å². The summed E-state index contributed by atoms with van der Waals surface area (Å²) in [6.45, 7) is 0. The van der Waals surface area contributed by atoms with Crippen molar-refractivity contribution in [3.63, 3.8) is 0 Å². The van der Waals surface area contributed by atoms with E-state index in [0.29, 0.717) is 23.6 Å². The van der Waals surface area contributed by atoms with E-state index in [2.05, 4.69) is 0 Å². The Labute approximate surface area is 94.1 Å². The predicted octanol–water partition coefficient (Wildman–Crippen LogP) is 3.16. The molecule has 1 aromatic rings. The molecule has 0 spiro atoms. The van der Waals surface area contributed by atoms with Crippen molar-refractivity contribution in [1.82, 2.24) is 0 Å². The first-order valence-corrected chi connectivity index (χ1v) is 5.04. The van der Waals surface area contributed by atoms with Gasteiger partial charge in [-0.1, -0.05) is 12.1 Å². The van der Waals surface area contributed by atoms with Crippen molar-refractivity contribution < 1.29 is 18.0 Å². The number of thioether (sulfide) groups is 1. The number of nitriles is 1. The zero-order valence-electron chi connectivity index (χ0n) is 7.86. The number of carbonyl (C=O) groups is 1. The van der Waals surface area contributed by atoms with Crippen LogP contribution in [0.25, 0.3) is 0 Å². The number of benzene rings is 1. The summed E-state index contributed by atoms with van der Waals surface area (Å²) in [5.41, 5.74) is -0.391. The molecule has 1 unspecified atom stereocenters. The Morgan fingerprint density at radius 3 is 2.25 bits per heavy atom. The second kappa shape index (κ2) is 5.03. The smallest absolute Gasteiger partial charge is 0.302 e. The van der Waals surface area contributed by atoms with Crippen LogP contribution in [0.3, 0.4) is 0 Å². The molecule has 0 heterocycles. The van der Waals surface area contributed by atoms with Gasteiger partial charge in [-0.25, -0.2) is 0 Å². The van der Waals surface area contributed by atoms with Crippen LogP contribution in [0.2, 0.25) is 0 Å². The lowest BCUT2D eigenvalue weighted by Crippen LogP contribution is -2.05. The fraction of sp³-hybridized carbons (Fsp3) is 0.200. The summed E-state index contributed by atoms with van der Waals surface area (Å²) in [6, 6.07) is 4.19. The highest BCUT2D eigenvalue weighted by molar-refractivity contribution is 8.04. The van der Waals surface area contributed by atoms with Crippen LogP contribution in [0.4, 0.5) is 13.2 Å². The van der Waals surface area contributed by atoms with Crippen molar-refractivity contribution in [2.75, 3.05) is 0 Å². The lowest BCUT2D eigenvalue weighted by Gasteiger charge is -2.09. The zero-order valence-corrected chi connectivity index (χ0v) is 8.68. The van der Waals surface area contributed by atoms with Gasteiger partial charge in [-0.15, -0.1) is 0 Å². The third-order valence-electron chi connectivity index (χ3n) is 1.87. The molecule has 2 nitrogen and oxygen atoms in total. The molecule has 0 amide bonds. The van der Waals surface area contributed by atoms with Crippen molar-refractivity contribution in [1.29, 1.82) is 5.26 Å². The summed E-state index contributed by atoms with van der Waals surface area (Å²) in [5, 5.41) is 9.37. The first-order chi connectivity index (χ1) is 7.49. The Morgan fingerprint density at radius 2 is 1.88 bits per heavy atom. The highest BCUT2D eigenvalue weighted by Crippen LogP contribution is 2.31. The molecule has 0 bridgehead atoms. The number of carbonyl (C=O) groups excluding carboxylic acids is 1. The van der Waals surface area contributed by atoms with Gasteiger partial charge in [0.1, 0.15) is 11.7 Å². The van der Waals surface area contributed by atoms with Gasteiger partial charge < -0.3 is 4.79 Å². The number of hydrogen-bond acceptors (Lipinski definition) is 3. The van der Waals surface area contributed by atoms with E-state index in [-0.39, 0.29) is 0 Å². The lowest BCUT2D eigenvalue weighted by atomic mass is 10.1. The van der Waals surface area contributed by atoms with Crippen molar-refractivity contribution in [3.05, 3.63) is 35.4 Å². The molecule has 6 heteroatoms. The molecule has 0 saturated heterocycles. The van der Waals surface area contributed by atoms with Gasteiger partial charge in [0.2, 0.25) is 0 Å². The van der Waals surface area contributed by atoms with Gasteiger partial charge in [0.15, 0.2) is 0 Å². The topological polar surface area (TPSA) is 40.9 Å². The van der Waals surface area contributed by atoms with Crippen LogP contribution in [0.5, 0.6) is 0 Å². The molecule has 84 valence electrons. The van der Waals surface area contributed by atoms with Gasteiger partial charge >= 0.3 is 6.18 Å². The Bertz CT molecular complexity index is 408. The monoisotopic (exact) mass is 245 g/mol. The fourth-order valence-electron chi connectivity index (χ4n) is 1.09. The summed E-state index contributed by atoms with van der Waals surface area (Å²) in [4.78, 5) is 10.6. The normalized spacial score (nSPS) is 12.9. The molecule has 1 aromatic carbocycles. The van der Waals surface area contributed by atoms with Crippen LogP contribution in [-0.2, 0) is 11.0 Å². The van der Waals surface area contributed by atoms with Crippen molar-refractivity contribution >= 4 is 18.0 Å². The Hall–Kier alpha value is -1.48. The third kappa shape index (κ3) is 3.00. The first kappa shape index (κ1) is 12.6. The molecule has 0 N–H and O–H groups in total. The maximum atomic E-state index is 12.2. The number of thiocyanates is 1. The van der Waals surface area contributed by atoms with E-state index >= 15 is 0 Å². The molecule has 0 aromatic heterocycles. The van der Waals surface area contributed by atoms with E-state index in [1.165, 1.54) is 12.1 Å². The van der Waals surface area contributed by atoms with Crippen LogP contribution in [0.15, 0.2) is 24.3 Å². The summed E-state index contributed by atoms with van der Waals surface area (Å²) in [6.07, 6.45) is -3.87. The summed E-state index contributed by atoms with van der Waals surface area (Å²) in [7, 11) is 0. The minimum absolute atomic E-state index is 0.384. The number of hydrogen-bond donors (Lipinski definition) is 0. The average molecular weight is 245 g/mol. The van der Waals surface area contributed by atoms with E-state index in [1.54, 1.807) is 5.40 Å². The van der Waals surface area contributed by atoms with E-state index in [1.807, 2.05) is 0 Å². The van der Waals surface area contributed by atoms with Gasteiger partial charge in [0, 0.05) is 0 Å². The van der Waals surface area contributed by atoms with Crippen LogP contribution in [0.1, 0.15) is 16.4 Å². The SMILES string of the molecule is N#CSC(C=O)c1ccc(C(F)(F)F)cc1. The Morgan fingerprint density at radius 1 is 1.31 bits per heavy atom. The molecule has 0 aliphatic heterocycles. The minimum atomic E-state index is -4.39. The molecule has 0 aliphatic rings. The molecule has 0 fully saturated rings. The molecule has 0 radical (unpaired) electrons. The van der Waals surface area contributed by atoms with Gasteiger partial charge in [-0.05, 0) is 29.5 Å². The van der Waals surface area contributed by atoms with Gasteiger partial charge in [-0.2, -0.15) is 18.4 Å². The standard InChI is InChI=1S/C10H6F3NOS/c11-10(12,13)8-3-1-7(2-4-8)9(5-15)16-6-14/h1-5,9H. The third-order valence-corrected chi connectivity index (χ3v) is 2.61. The summed E-state index contributed by atoms with van der Waals surface area (Å²) in [5.74, 6) is 0. The number of alkyl halides is 3. The second-order valence-electron chi connectivity index (χ2n) is 2.89. The number of aldehydes is 1. The zero-order chi connectivity index (χ0) is 12.2. The number of halogens is 3. The lowest BCUT2D eigenvalue weighted by molar-refractivity contribution is -0.137. The first-order valence-electron chi connectivity index (χ1n) is 4.16. The fourth-order valence-corrected chi connectivity index (χ4v) is 1.56. The largest absolute Gasteiger partial charge is 0.416 e. The van der Waals surface area contributed by atoms with E-state index in [9.17, 15) is 18.0 Å². The van der Waals surface area contributed by atoms with E-state index in [0.717, 1.165) is 12.1 Å².